The number of nitrogens with one attached hydrogen (secondary N) is 1. The third-order valence-corrected chi connectivity index (χ3v) is 7.15. The SMILES string of the molecule is CC(C)(C)SCCCCCCCCCCCCCCC(=O)Nc1ccccc1OCCCC(=O)O. The van der Waals surface area contributed by atoms with Gasteiger partial charge in [0.2, 0.25) is 5.91 Å². The minimum absolute atomic E-state index is 0.00332. The number of anilines is 1. The van der Waals surface area contributed by atoms with Crippen LogP contribution in [0.4, 0.5) is 5.69 Å². The second-order valence-electron chi connectivity index (χ2n) is 10.3. The zero-order valence-electron chi connectivity index (χ0n) is 22.4. The fourth-order valence-electron chi connectivity index (χ4n) is 3.85. The maximum absolute atomic E-state index is 12.3. The first-order valence-electron chi connectivity index (χ1n) is 13.7. The third-order valence-electron chi connectivity index (χ3n) is 5.79. The third kappa shape index (κ3) is 19.2. The van der Waals surface area contributed by atoms with Crippen LogP contribution in [0.5, 0.6) is 5.75 Å². The monoisotopic (exact) mass is 507 g/mol. The highest BCUT2D eigenvalue weighted by atomic mass is 32.2. The molecule has 1 aromatic rings. The van der Waals surface area contributed by atoms with Crippen LogP contribution in [0.15, 0.2) is 24.3 Å². The molecule has 6 heteroatoms. The summed E-state index contributed by atoms with van der Waals surface area (Å²) in [6.07, 6.45) is 16.4. The lowest BCUT2D eigenvalue weighted by atomic mass is 10.0. The number of carbonyl (C=O) groups excluding carboxylic acids is 1. The van der Waals surface area contributed by atoms with Crippen molar-refractivity contribution in [2.24, 2.45) is 0 Å². The van der Waals surface area contributed by atoms with Crippen LogP contribution < -0.4 is 10.1 Å². The number of thioether (sulfide) groups is 1. The normalized spacial score (nSPS) is 11.4. The molecule has 0 atom stereocenters. The Morgan fingerprint density at radius 2 is 1.34 bits per heavy atom. The smallest absolute Gasteiger partial charge is 0.303 e. The van der Waals surface area contributed by atoms with E-state index in [1.807, 2.05) is 18.2 Å². The lowest BCUT2D eigenvalue weighted by Gasteiger charge is -2.17. The number of amides is 1. The molecule has 200 valence electrons. The van der Waals surface area contributed by atoms with Crippen LogP contribution >= 0.6 is 11.8 Å². The fourth-order valence-corrected chi connectivity index (χ4v) is 4.81. The van der Waals surface area contributed by atoms with E-state index in [1.54, 1.807) is 6.07 Å². The quantitative estimate of drug-likeness (QED) is 0.163. The zero-order chi connectivity index (χ0) is 25.8. The van der Waals surface area contributed by atoms with Crippen molar-refractivity contribution >= 4 is 29.3 Å². The molecule has 0 aliphatic rings. The molecule has 0 radical (unpaired) electrons. The van der Waals surface area contributed by atoms with Gasteiger partial charge in [-0.1, -0.05) is 97.1 Å². The lowest BCUT2D eigenvalue weighted by Crippen LogP contribution is -2.12. The number of para-hydroxylation sites is 2. The van der Waals surface area contributed by atoms with Gasteiger partial charge in [-0.25, -0.2) is 0 Å². The predicted molar refractivity (Wildman–Crippen MR) is 150 cm³/mol. The van der Waals surface area contributed by atoms with Crippen LogP contribution in [0.1, 0.15) is 117 Å². The Bertz CT molecular complexity index is 702. The summed E-state index contributed by atoms with van der Waals surface area (Å²) in [7, 11) is 0. The van der Waals surface area contributed by atoms with Crippen molar-refractivity contribution in [3.8, 4) is 5.75 Å². The van der Waals surface area contributed by atoms with Crippen molar-refractivity contribution < 1.29 is 19.4 Å². The Labute approximate surface area is 218 Å². The molecule has 0 saturated heterocycles. The number of hydrogen-bond acceptors (Lipinski definition) is 4. The average Bonchev–Trinajstić information content (AvgIpc) is 2.79. The van der Waals surface area contributed by atoms with E-state index in [0.717, 1.165) is 12.8 Å². The van der Waals surface area contributed by atoms with Crippen LogP contribution in [0, 0.1) is 0 Å². The Morgan fingerprint density at radius 1 is 0.800 bits per heavy atom. The van der Waals surface area contributed by atoms with Crippen molar-refractivity contribution in [2.45, 2.75) is 122 Å². The summed E-state index contributed by atoms with van der Waals surface area (Å²) in [5.41, 5.74) is 0.650. The second kappa shape index (κ2) is 19.5. The van der Waals surface area contributed by atoms with E-state index in [-0.39, 0.29) is 12.3 Å². The van der Waals surface area contributed by atoms with E-state index in [2.05, 4.69) is 37.8 Å². The van der Waals surface area contributed by atoms with Crippen molar-refractivity contribution in [1.29, 1.82) is 0 Å². The van der Waals surface area contributed by atoms with Gasteiger partial charge in [0, 0.05) is 17.6 Å². The lowest BCUT2D eigenvalue weighted by molar-refractivity contribution is -0.137. The van der Waals surface area contributed by atoms with E-state index in [1.165, 1.54) is 70.0 Å². The summed E-state index contributed by atoms with van der Waals surface area (Å²) in [4.78, 5) is 22.9. The molecule has 35 heavy (non-hydrogen) atoms. The molecule has 0 aliphatic carbocycles. The first-order valence-corrected chi connectivity index (χ1v) is 14.6. The average molecular weight is 508 g/mol. The van der Waals surface area contributed by atoms with Crippen LogP contribution in [-0.2, 0) is 9.59 Å². The molecular weight excluding hydrogens is 458 g/mol. The second-order valence-corrected chi connectivity index (χ2v) is 12.3. The van der Waals surface area contributed by atoms with Gasteiger partial charge in [0.15, 0.2) is 0 Å². The molecule has 0 saturated carbocycles. The number of carboxylic acids is 1. The Balaban J connectivity index is 1.97. The van der Waals surface area contributed by atoms with Gasteiger partial charge in [-0.2, -0.15) is 11.8 Å². The number of carbonyl (C=O) groups is 2. The van der Waals surface area contributed by atoms with Crippen molar-refractivity contribution in [1.82, 2.24) is 0 Å². The standard InChI is InChI=1S/C29H49NO4S/c1-29(2,3)35-24-17-13-11-9-7-5-4-6-8-10-12-14-21-27(31)30-25-19-15-16-20-26(25)34-23-18-22-28(32)33/h15-16,19-20H,4-14,17-18,21-24H2,1-3H3,(H,30,31)(H,32,33). The fraction of sp³-hybridized carbons (Fsp3) is 0.724. The molecule has 0 unspecified atom stereocenters. The Kier molecular flexibility index (Phi) is 17.5. The Morgan fingerprint density at radius 3 is 1.91 bits per heavy atom. The molecule has 0 spiro atoms. The van der Waals surface area contributed by atoms with E-state index >= 15 is 0 Å². The highest BCUT2D eigenvalue weighted by molar-refractivity contribution is 8.00. The minimum Gasteiger partial charge on any atom is -0.491 e. The Hall–Kier alpha value is -1.69. The minimum atomic E-state index is -0.831. The molecule has 0 aromatic heterocycles. The first-order chi connectivity index (χ1) is 16.8. The van der Waals surface area contributed by atoms with Gasteiger partial charge in [0.1, 0.15) is 5.75 Å². The van der Waals surface area contributed by atoms with Gasteiger partial charge in [0.25, 0.3) is 0 Å². The summed E-state index contributed by atoms with van der Waals surface area (Å²) in [5, 5.41) is 11.6. The van der Waals surface area contributed by atoms with Gasteiger partial charge < -0.3 is 15.2 Å². The van der Waals surface area contributed by atoms with Gasteiger partial charge in [0.05, 0.1) is 12.3 Å². The number of carboxylic acid groups (broad SMARTS) is 1. The molecule has 0 heterocycles. The van der Waals surface area contributed by atoms with Crippen molar-refractivity contribution in [3.05, 3.63) is 24.3 Å². The first kappa shape index (κ1) is 31.3. The van der Waals surface area contributed by atoms with Crippen LogP contribution in [-0.4, -0.2) is 34.1 Å². The largest absolute Gasteiger partial charge is 0.491 e. The van der Waals surface area contributed by atoms with Crippen LogP contribution in [0.2, 0.25) is 0 Å². The van der Waals surface area contributed by atoms with Crippen molar-refractivity contribution in [2.75, 3.05) is 17.7 Å². The maximum atomic E-state index is 12.3. The van der Waals surface area contributed by atoms with Gasteiger partial charge in [-0.15, -0.1) is 0 Å². The summed E-state index contributed by atoms with van der Waals surface area (Å²) in [6.45, 7) is 7.20. The molecule has 0 aliphatic heterocycles. The molecule has 0 fully saturated rings. The molecule has 1 rings (SSSR count). The molecule has 0 bridgehead atoms. The number of benzene rings is 1. The number of aliphatic carboxylic acids is 1. The van der Waals surface area contributed by atoms with Crippen molar-refractivity contribution in [3.63, 3.8) is 0 Å². The van der Waals surface area contributed by atoms with E-state index < -0.39 is 5.97 Å². The van der Waals surface area contributed by atoms with Crippen LogP contribution in [0.25, 0.3) is 0 Å². The van der Waals surface area contributed by atoms with Gasteiger partial charge in [-0.05, 0) is 37.1 Å². The number of hydrogen-bond donors (Lipinski definition) is 2. The highest BCUT2D eigenvalue weighted by Gasteiger charge is 2.09. The number of ether oxygens (including phenoxy) is 1. The van der Waals surface area contributed by atoms with E-state index in [0.29, 0.717) is 35.6 Å². The van der Waals surface area contributed by atoms with Gasteiger partial charge >= 0.3 is 5.97 Å². The summed E-state index contributed by atoms with van der Waals surface area (Å²) < 4.78 is 6.05. The summed E-state index contributed by atoms with van der Waals surface area (Å²) >= 11 is 2.08. The molecule has 5 nitrogen and oxygen atoms in total. The maximum Gasteiger partial charge on any atom is 0.303 e. The van der Waals surface area contributed by atoms with Gasteiger partial charge in [-0.3, -0.25) is 9.59 Å². The van der Waals surface area contributed by atoms with E-state index in [9.17, 15) is 9.59 Å². The number of rotatable bonds is 21. The summed E-state index contributed by atoms with van der Waals surface area (Å²) in [5.74, 6) is 1.06. The highest BCUT2D eigenvalue weighted by Crippen LogP contribution is 2.25. The summed E-state index contributed by atoms with van der Waals surface area (Å²) in [6, 6.07) is 7.31. The topological polar surface area (TPSA) is 75.6 Å². The molecular formula is C29H49NO4S. The van der Waals surface area contributed by atoms with Crippen LogP contribution in [0.3, 0.4) is 0 Å². The molecule has 2 N–H and O–H groups in total. The zero-order valence-corrected chi connectivity index (χ0v) is 23.2. The molecule has 1 amide bonds. The molecule has 1 aromatic carbocycles. The number of unbranched alkanes of at least 4 members (excludes halogenated alkanes) is 11. The van der Waals surface area contributed by atoms with E-state index in [4.69, 9.17) is 9.84 Å². The predicted octanol–water partition coefficient (Wildman–Crippen LogP) is 8.47.